The Hall–Kier alpha value is -4.52. The number of rotatable bonds is 9. The summed E-state index contributed by atoms with van der Waals surface area (Å²) in [7, 11) is 3.07. The molecule has 12 nitrogen and oxygen atoms in total. The number of aliphatic hydroxyl groups is 1. The van der Waals surface area contributed by atoms with Gasteiger partial charge in [0.15, 0.2) is 0 Å². The molecule has 2 aromatic rings. The molecule has 2 N–H and O–H groups in total. The molecular formula is C39H47N3O9. The van der Waals surface area contributed by atoms with Crippen molar-refractivity contribution in [3.05, 3.63) is 84.5 Å². The van der Waals surface area contributed by atoms with Crippen molar-refractivity contribution in [3.63, 3.8) is 0 Å². The number of hydrogen-bond donors (Lipinski definition) is 2. The Morgan fingerprint density at radius 3 is 2.43 bits per heavy atom. The van der Waals surface area contributed by atoms with Gasteiger partial charge in [0.05, 0.1) is 44.4 Å². The Bertz CT molecular complexity index is 1650. The second-order valence-corrected chi connectivity index (χ2v) is 13.6. The lowest BCUT2D eigenvalue weighted by molar-refractivity contribution is -0.163. The molecule has 51 heavy (non-hydrogen) atoms. The molecule has 4 heterocycles. The van der Waals surface area contributed by atoms with Crippen LogP contribution >= 0.6 is 0 Å². The van der Waals surface area contributed by atoms with Gasteiger partial charge in [0, 0.05) is 25.8 Å². The van der Waals surface area contributed by atoms with Crippen molar-refractivity contribution in [2.75, 3.05) is 38.9 Å². The summed E-state index contributed by atoms with van der Waals surface area (Å²) in [6.45, 7) is 3.76. The molecule has 12 heteroatoms. The lowest BCUT2D eigenvalue weighted by Gasteiger charge is -2.40. The number of ether oxygens (including phenoxy) is 4. The van der Waals surface area contributed by atoms with Crippen molar-refractivity contribution in [1.29, 1.82) is 0 Å². The molecule has 2 fully saturated rings. The van der Waals surface area contributed by atoms with Crippen LogP contribution in [0.4, 0.5) is 5.69 Å². The summed E-state index contributed by atoms with van der Waals surface area (Å²) in [5.41, 5.74) is -0.324. The highest BCUT2D eigenvalue weighted by molar-refractivity contribution is 6.05. The van der Waals surface area contributed by atoms with Crippen LogP contribution in [0.5, 0.6) is 5.75 Å². The fraction of sp³-hybridized carbons (Fsp3) is 0.487. The second-order valence-electron chi connectivity index (χ2n) is 13.6. The van der Waals surface area contributed by atoms with Gasteiger partial charge in [-0.05, 0) is 42.2 Å². The van der Waals surface area contributed by atoms with E-state index < -0.39 is 65.6 Å². The van der Waals surface area contributed by atoms with Gasteiger partial charge in [0.25, 0.3) is 5.91 Å². The summed E-state index contributed by atoms with van der Waals surface area (Å²) < 4.78 is 24.0. The average Bonchev–Trinajstić information content (AvgIpc) is 3.53. The highest BCUT2D eigenvalue weighted by atomic mass is 16.6. The second kappa shape index (κ2) is 15.4. The van der Waals surface area contributed by atoms with Crippen LogP contribution in [0.1, 0.15) is 44.8 Å². The van der Waals surface area contributed by atoms with Gasteiger partial charge in [-0.3, -0.25) is 19.2 Å². The van der Waals surface area contributed by atoms with Crippen LogP contribution in [0.15, 0.2) is 78.9 Å². The molecule has 1 spiro atoms. The summed E-state index contributed by atoms with van der Waals surface area (Å²) in [4.78, 5) is 60.7. The van der Waals surface area contributed by atoms with E-state index >= 15 is 0 Å². The molecule has 0 bridgehead atoms. The zero-order valence-corrected chi connectivity index (χ0v) is 29.5. The van der Waals surface area contributed by atoms with Crippen LogP contribution < -0.4 is 15.0 Å². The predicted molar refractivity (Wildman–Crippen MR) is 187 cm³/mol. The van der Waals surface area contributed by atoms with E-state index in [2.05, 4.69) is 5.32 Å². The molecule has 3 amide bonds. The zero-order chi connectivity index (χ0) is 36.3. The van der Waals surface area contributed by atoms with E-state index in [0.717, 1.165) is 0 Å². The number of likely N-dealkylation sites (tertiary alicyclic amines) is 1. The summed E-state index contributed by atoms with van der Waals surface area (Å²) in [5, 5.41) is 13.7. The molecule has 272 valence electrons. The van der Waals surface area contributed by atoms with E-state index in [1.807, 2.05) is 32.0 Å². The first-order valence-electron chi connectivity index (χ1n) is 17.6. The Kier molecular flexibility index (Phi) is 10.9. The van der Waals surface area contributed by atoms with Gasteiger partial charge in [-0.1, -0.05) is 74.9 Å². The summed E-state index contributed by atoms with van der Waals surface area (Å²) in [6, 6.07) is 13.5. The van der Waals surface area contributed by atoms with Gasteiger partial charge < -0.3 is 39.2 Å². The fourth-order valence-corrected chi connectivity index (χ4v) is 7.99. The van der Waals surface area contributed by atoms with Crippen molar-refractivity contribution < 1.29 is 43.2 Å². The largest absolute Gasteiger partial charge is 0.497 e. The van der Waals surface area contributed by atoms with E-state index in [9.17, 15) is 24.3 Å². The van der Waals surface area contributed by atoms with Crippen LogP contribution in [0.25, 0.3) is 0 Å². The third kappa shape index (κ3) is 6.68. The number of carbonyl (C=O) groups excluding carboxylic acids is 4. The molecule has 6 rings (SSSR count). The maximum absolute atomic E-state index is 15.0. The summed E-state index contributed by atoms with van der Waals surface area (Å²) >= 11 is 0. The number of hydrogen-bond acceptors (Lipinski definition) is 9. The maximum atomic E-state index is 15.0. The van der Waals surface area contributed by atoms with E-state index in [1.165, 1.54) is 12.0 Å². The number of carbonyl (C=O) groups is 4. The third-order valence-electron chi connectivity index (χ3n) is 10.7. The highest BCUT2D eigenvalue weighted by Crippen LogP contribution is 2.54. The number of anilines is 1. The first-order valence-corrected chi connectivity index (χ1v) is 17.6. The number of nitrogens with zero attached hydrogens (tertiary/aromatic N) is 2. The minimum absolute atomic E-state index is 0.0622. The maximum Gasteiger partial charge on any atom is 0.313 e. The smallest absolute Gasteiger partial charge is 0.313 e. The van der Waals surface area contributed by atoms with E-state index in [1.54, 1.807) is 72.7 Å². The Labute approximate surface area is 298 Å². The number of cyclic esters (lactones) is 1. The topological polar surface area (TPSA) is 144 Å². The average molecular weight is 702 g/mol. The molecule has 4 aliphatic rings. The van der Waals surface area contributed by atoms with Crippen LogP contribution in [-0.4, -0.2) is 97.5 Å². The lowest BCUT2D eigenvalue weighted by atomic mass is 9.77. The molecule has 0 unspecified atom stereocenters. The molecule has 2 saturated heterocycles. The zero-order valence-electron chi connectivity index (χ0n) is 29.5. The van der Waals surface area contributed by atoms with Crippen LogP contribution in [-0.2, 0) is 33.4 Å². The summed E-state index contributed by atoms with van der Waals surface area (Å²) in [5.74, 6) is -3.64. The number of aliphatic hydroxyl groups excluding tert-OH is 1. The molecule has 0 aliphatic carbocycles. The van der Waals surface area contributed by atoms with E-state index in [0.29, 0.717) is 29.8 Å². The van der Waals surface area contributed by atoms with Gasteiger partial charge >= 0.3 is 5.97 Å². The number of amides is 3. The van der Waals surface area contributed by atoms with Crippen molar-refractivity contribution >= 4 is 29.4 Å². The normalized spacial score (nSPS) is 31.2. The van der Waals surface area contributed by atoms with Gasteiger partial charge in [0.1, 0.15) is 29.4 Å². The Morgan fingerprint density at radius 2 is 1.76 bits per heavy atom. The van der Waals surface area contributed by atoms with Crippen molar-refractivity contribution in [2.24, 2.45) is 17.8 Å². The molecule has 0 aromatic heterocycles. The SMILES string of the molecule is CC[C@H](C)[C@H](CO)N1C(=O)[C@@H]2[C@H]3C(=O)O[C@H](c4ccccc4)[C@@H](COC)NC(=O)CC/C=C\[C@H]3O[C@@]23C=CCN(c2ccc(OC)cc2)C(=O)[C@@H]13. The Morgan fingerprint density at radius 1 is 1.02 bits per heavy atom. The van der Waals surface area contributed by atoms with Gasteiger partial charge in [-0.25, -0.2) is 0 Å². The van der Waals surface area contributed by atoms with E-state index in [-0.39, 0.29) is 38.0 Å². The Balaban J connectivity index is 1.48. The molecule has 9 atom stereocenters. The standard InChI is InChI=1S/C39H47N3O9/c1-5-24(2)29(22-43)42-35-37(46)41(26-16-18-27(49-4)19-17-26)21-11-20-39(35)33(36(42)45)32-30(51-39)14-9-10-15-31(44)40-28(23-48-3)34(50-38(32)47)25-12-7-6-8-13-25/h6-9,11-14,16-20,24,28-30,32-35,43H,5,10,15,21-23H2,1-4H3,(H,40,44)/b14-9-/t24-,28+,29-,30+,32-,33-,34+,35+,39-/m0/s1. The summed E-state index contributed by atoms with van der Waals surface area (Å²) in [6.07, 6.45) is 6.28. The van der Waals surface area contributed by atoms with Crippen molar-refractivity contribution in [1.82, 2.24) is 10.2 Å². The third-order valence-corrected chi connectivity index (χ3v) is 10.7. The minimum atomic E-state index is -1.56. The minimum Gasteiger partial charge on any atom is -0.497 e. The number of methoxy groups -OCH3 is 2. The quantitative estimate of drug-likeness (QED) is 0.297. The number of allylic oxidation sites excluding steroid dienone is 1. The number of nitrogens with one attached hydrogen (secondary N) is 1. The van der Waals surface area contributed by atoms with Crippen molar-refractivity contribution in [3.8, 4) is 5.75 Å². The molecule has 0 saturated carbocycles. The van der Waals surface area contributed by atoms with E-state index in [4.69, 9.17) is 18.9 Å². The fourth-order valence-electron chi connectivity index (χ4n) is 7.99. The first-order chi connectivity index (χ1) is 24.7. The first kappa shape index (κ1) is 36.3. The van der Waals surface area contributed by atoms with Gasteiger partial charge in [-0.2, -0.15) is 0 Å². The lowest BCUT2D eigenvalue weighted by Crippen LogP contribution is -2.59. The number of esters is 1. The molecule has 0 radical (unpaired) electrons. The van der Waals surface area contributed by atoms with Crippen LogP contribution in [0.3, 0.4) is 0 Å². The molecule has 2 aromatic carbocycles. The van der Waals surface area contributed by atoms with Crippen molar-refractivity contribution in [2.45, 2.75) is 69.0 Å². The molecule has 4 aliphatic heterocycles. The van der Waals surface area contributed by atoms with Gasteiger partial charge in [0.2, 0.25) is 11.8 Å². The van der Waals surface area contributed by atoms with Crippen LogP contribution in [0, 0.1) is 17.8 Å². The molecular weight excluding hydrogens is 654 g/mol. The highest BCUT2D eigenvalue weighted by Gasteiger charge is 2.73. The number of fused-ring (bicyclic) bond motifs is 2. The van der Waals surface area contributed by atoms with Crippen LogP contribution in [0.2, 0.25) is 0 Å². The number of benzene rings is 2. The predicted octanol–water partition coefficient (Wildman–Crippen LogP) is 3.35. The van der Waals surface area contributed by atoms with Gasteiger partial charge in [-0.15, -0.1) is 0 Å². The monoisotopic (exact) mass is 701 g/mol.